The van der Waals surface area contributed by atoms with Gasteiger partial charge in [-0.3, -0.25) is 9.59 Å². The van der Waals surface area contributed by atoms with E-state index in [1.54, 1.807) is 36.5 Å². The maximum atomic E-state index is 13.4. The smallest absolute Gasteiger partial charge is 0.282 e. The first-order chi connectivity index (χ1) is 19.4. The van der Waals surface area contributed by atoms with Crippen LogP contribution in [0.2, 0.25) is 0 Å². The number of ether oxygens (including phenoxy) is 2. The van der Waals surface area contributed by atoms with Gasteiger partial charge in [0.05, 0.1) is 28.7 Å². The third-order valence-electron chi connectivity index (χ3n) is 6.13. The number of hydrogen-bond acceptors (Lipinski definition) is 6. The number of nitrogens with one attached hydrogen (secondary N) is 1. The molecule has 0 aliphatic rings. The number of rotatable bonds is 8. The minimum absolute atomic E-state index is 0.213. The van der Waals surface area contributed by atoms with E-state index < -0.39 is 0 Å². The number of aromatic nitrogens is 2. The molecule has 0 spiro atoms. The van der Waals surface area contributed by atoms with E-state index in [1.807, 2.05) is 67.6 Å². The molecule has 9 heteroatoms. The Morgan fingerprint density at radius 2 is 1.75 bits per heavy atom. The summed E-state index contributed by atoms with van der Waals surface area (Å²) in [5, 5.41) is 7.82. The first-order valence-electron chi connectivity index (χ1n) is 12.4. The summed E-state index contributed by atoms with van der Waals surface area (Å²) in [6.07, 6.45) is 1.55. The van der Waals surface area contributed by atoms with Crippen molar-refractivity contribution in [3.63, 3.8) is 0 Å². The topological polar surface area (TPSA) is 94.8 Å². The van der Waals surface area contributed by atoms with Gasteiger partial charge in [0.15, 0.2) is 23.9 Å². The van der Waals surface area contributed by atoms with Gasteiger partial charge in [-0.15, -0.1) is 0 Å². The van der Waals surface area contributed by atoms with Gasteiger partial charge < -0.3 is 14.8 Å². The fraction of sp³-hybridized carbons (Fsp3) is 0.0968. The summed E-state index contributed by atoms with van der Waals surface area (Å²) in [5.41, 5.74) is 3.38. The molecule has 0 radical (unpaired) electrons. The van der Waals surface area contributed by atoms with E-state index in [0.29, 0.717) is 38.3 Å². The first kappa shape index (κ1) is 26.8. The Hall–Kier alpha value is -4.76. The molecule has 5 rings (SSSR count). The number of anilines is 1. The SMILES string of the molecule is COc1cc(C=Nn2c(-c3ccccc3)nc3ccccc3c2=O)cc(Br)c1OCC(=O)Nc1ccccc1C. The van der Waals surface area contributed by atoms with Gasteiger partial charge in [0.25, 0.3) is 11.5 Å². The van der Waals surface area contributed by atoms with Crippen molar-refractivity contribution in [3.05, 3.63) is 117 Å². The van der Waals surface area contributed by atoms with Crippen LogP contribution in [0.1, 0.15) is 11.1 Å². The summed E-state index contributed by atoms with van der Waals surface area (Å²) in [7, 11) is 1.51. The molecule has 5 aromatic rings. The predicted octanol–water partition coefficient (Wildman–Crippen LogP) is 6.04. The van der Waals surface area contributed by atoms with Crippen molar-refractivity contribution in [2.45, 2.75) is 6.92 Å². The van der Waals surface area contributed by atoms with Crippen LogP contribution in [-0.4, -0.2) is 35.5 Å². The highest BCUT2D eigenvalue weighted by molar-refractivity contribution is 9.10. The molecule has 200 valence electrons. The highest BCUT2D eigenvalue weighted by atomic mass is 79.9. The zero-order valence-corrected chi connectivity index (χ0v) is 23.4. The van der Waals surface area contributed by atoms with E-state index in [2.05, 4.69) is 26.3 Å². The number of hydrogen-bond donors (Lipinski definition) is 1. The van der Waals surface area contributed by atoms with Crippen molar-refractivity contribution in [1.82, 2.24) is 9.66 Å². The van der Waals surface area contributed by atoms with Gasteiger partial charge in [-0.25, -0.2) is 4.98 Å². The molecule has 1 heterocycles. The predicted molar refractivity (Wildman–Crippen MR) is 160 cm³/mol. The highest BCUT2D eigenvalue weighted by Gasteiger charge is 2.15. The third-order valence-corrected chi connectivity index (χ3v) is 6.72. The molecule has 0 saturated carbocycles. The van der Waals surface area contributed by atoms with Gasteiger partial charge >= 0.3 is 0 Å². The molecule has 0 aliphatic heterocycles. The molecule has 8 nitrogen and oxygen atoms in total. The number of para-hydroxylation sites is 2. The average Bonchev–Trinajstić information content (AvgIpc) is 2.97. The zero-order valence-electron chi connectivity index (χ0n) is 21.8. The zero-order chi connectivity index (χ0) is 28.1. The summed E-state index contributed by atoms with van der Waals surface area (Å²) in [5.74, 6) is 0.887. The van der Waals surface area contributed by atoms with Gasteiger partial charge in [0, 0.05) is 11.3 Å². The maximum Gasteiger partial charge on any atom is 0.282 e. The monoisotopic (exact) mass is 596 g/mol. The van der Waals surface area contributed by atoms with E-state index in [-0.39, 0.29) is 18.1 Å². The summed E-state index contributed by atoms with van der Waals surface area (Å²) in [4.78, 5) is 30.6. The van der Waals surface area contributed by atoms with Gasteiger partial charge in [-0.1, -0.05) is 60.7 Å². The van der Waals surface area contributed by atoms with Crippen LogP contribution in [0.25, 0.3) is 22.3 Å². The fourth-order valence-corrected chi connectivity index (χ4v) is 4.70. The number of nitrogens with zero attached hydrogens (tertiary/aromatic N) is 3. The normalized spacial score (nSPS) is 11.1. The van der Waals surface area contributed by atoms with Crippen LogP contribution in [0.4, 0.5) is 5.69 Å². The Bertz CT molecular complexity index is 1780. The van der Waals surface area contributed by atoms with Crippen molar-refractivity contribution >= 4 is 44.6 Å². The fourth-order valence-electron chi connectivity index (χ4n) is 4.12. The van der Waals surface area contributed by atoms with Crippen LogP contribution < -0.4 is 20.3 Å². The second-order valence-corrected chi connectivity index (χ2v) is 9.72. The Morgan fingerprint density at radius 1 is 1.02 bits per heavy atom. The van der Waals surface area contributed by atoms with Crippen LogP contribution in [0.3, 0.4) is 0 Å². The van der Waals surface area contributed by atoms with Gasteiger partial charge in [0.1, 0.15) is 0 Å². The molecule has 1 N–H and O–H groups in total. The van der Waals surface area contributed by atoms with Crippen LogP contribution in [0.5, 0.6) is 11.5 Å². The quantitative estimate of drug-likeness (QED) is 0.220. The van der Waals surface area contributed by atoms with Crippen LogP contribution in [0.15, 0.2) is 105 Å². The van der Waals surface area contributed by atoms with Crippen LogP contribution >= 0.6 is 15.9 Å². The number of aryl methyl sites for hydroxylation is 1. The minimum Gasteiger partial charge on any atom is -0.493 e. The van der Waals surface area contributed by atoms with E-state index >= 15 is 0 Å². The third kappa shape index (κ3) is 5.79. The van der Waals surface area contributed by atoms with Gasteiger partial charge in [-0.2, -0.15) is 9.78 Å². The van der Waals surface area contributed by atoms with Crippen molar-refractivity contribution in [2.75, 3.05) is 19.0 Å². The molecule has 0 saturated heterocycles. The Morgan fingerprint density at radius 3 is 2.52 bits per heavy atom. The minimum atomic E-state index is -0.300. The molecular formula is C31H25BrN4O4. The molecule has 4 aromatic carbocycles. The standard InChI is InChI=1S/C31H25BrN4O4/c1-20-10-6-8-14-25(20)34-28(37)19-40-29-24(32)16-21(17-27(29)39-2)18-33-36-30(22-11-4-3-5-12-22)35-26-15-9-7-13-23(26)31(36)38/h3-18H,19H2,1-2H3,(H,34,37). The number of carbonyl (C=O) groups excluding carboxylic acids is 1. The summed E-state index contributed by atoms with van der Waals surface area (Å²) < 4.78 is 13.2. The number of halogens is 1. The van der Waals surface area contributed by atoms with Gasteiger partial charge in [0.2, 0.25) is 0 Å². The average molecular weight is 597 g/mol. The lowest BCUT2D eigenvalue weighted by Gasteiger charge is -2.14. The molecule has 1 amide bonds. The van der Waals surface area contributed by atoms with Crippen LogP contribution in [0, 0.1) is 6.92 Å². The molecule has 1 aromatic heterocycles. The van der Waals surface area contributed by atoms with E-state index in [9.17, 15) is 9.59 Å². The molecule has 0 unspecified atom stereocenters. The number of carbonyl (C=O) groups is 1. The molecule has 40 heavy (non-hydrogen) atoms. The highest BCUT2D eigenvalue weighted by Crippen LogP contribution is 2.36. The van der Waals surface area contributed by atoms with Crippen LogP contribution in [-0.2, 0) is 4.79 Å². The summed E-state index contributed by atoms with van der Waals surface area (Å²) in [6.45, 7) is 1.70. The number of amides is 1. The molecular weight excluding hydrogens is 572 g/mol. The van der Waals surface area contributed by atoms with Crippen molar-refractivity contribution in [2.24, 2.45) is 5.10 Å². The van der Waals surface area contributed by atoms with Crippen molar-refractivity contribution < 1.29 is 14.3 Å². The molecule has 0 aliphatic carbocycles. The Labute approximate surface area is 239 Å². The summed E-state index contributed by atoms with van der Waals surface area (Å²) >= 11 is 3.51. The number of fused-ring (bicyclic) bond motifs is 1. The lowest BCUT2D eigenvalue weighted by Crippen LogP contribution is -2.21. The largest absolute Gasteiger partial charge is 0.493 e. The van der Waals surface area contributed by atoms with E-state index in [4.69, 9.17) is 14.5 Å². The van der Waals surface area contributed by atoms with Crippen molar-refractivity contribution in [3.8, 4) is 22.9 Å². The number of benzene rings is 4. The van der Waals surface area contributed by atoms with E-state index in [1.165, 1.54) is 11.8 Å². The Kier molecular flexibility index (Phi) is 8.02. The van der Waals surface area contributed by atoms with Gasteiger partial charge in [-0.05, 0) is 64.3 Å². The maximum absolute atomic E-state index is 13.4. The molecule has 0 bridgehead atoms. The second-order valence-electron chi connectivity index (χ2n) is 8.87. The first-order valence-corrected chi connectivity index (χ1v) is 13.2. The lowest BCUT2D eigenvalue weighted by molar-refractivity contribution is -0.118. The Balaban J connectivity index is 1.43. The number of methoxy groups -OCH3 is 1. The second kappa shape index (κ2) is 12.0. The lowest BCUT2D eigenvalue weighted by atomic mass is 10.2. The molecule has 0 fully saturated rings. The van der Waals surface area contributed by atoms with Crippen molar-refractivity contribution in [1.29, 1.82) is 0 Å². The molecule has 0 atom stereocenters. The summed E-state index contributed by atoms with van der Waals surface area (Å²) in [6, 6.07) is 27.6. The van der Waals surface area contributed by atoms with E-state index in [0.717, 1.165) is 16.8 Å².